The van der Waals surface area contributed by atoms with Crippen LogP contribution in [0.1, 0.15) is 27.8 Å². The van der Waals surface area contributed by atoms with Gasteiger partial charge in [-0.15, -0.1) is 21.5 Å². The van der Waals surface area contributed by atoms with Crippen LogP contribution in [-0.4, -0.2) is 49.8 Å². The number of hydrogen-bond acceptors (Lipinski definition) is 6. The third-order valence-electron chi connectivity index (χ3n) is 5.18. The predicted molar refractivity (Wildman–Crippen MR) is 96.0 cm³/mol. The van der Waals surface area contributed by atoms with Crippen LogP contribution in [0.3, 0.4) is 0 Å². The maximum absolute atomic E-state index is 14.6. The van der Waals surface area contributed by atoms with E-state index in [1.165, 1.54) is 16.2 Å². The van der Waals surface area contributed by atoms with E-state index in [0.29, 0.717) is 22.7 Å². The molecule has 30 heavy (non-hydrogen) atoms. The lowest BCUT2D eigenvalue weighted by molar-refractivity contribution is -0.140. The number of amides is 1. The Kier molecular flexibility index (Phi) is 4.36. The number of alkyl halides is 3. The molecule has 2 bridgehead atoms. The Hall–Kier alpha value is -2.86. The van der Waals surface area contributed by atoms with E-state index in [4.69, 9.17) is 4.74 Å². The molecular weight excluding hydrogens is 426 g/mol. The SMILES string of the molecule is O=C(c1cccc(C(F)(F)F)c1F)N1C2COCC1c1nnc(-c3nccs3)n1C2. The monoisotopic (exact) mass is 439 g/mol. The van der Waals surface area contributed by atoms with Gasteiger partial charge in [0, 0.05) is 18.1 Å². The topological polar surface area (TPSA) is 73.1 Å². The number of aromatic nitrogens is 4. The minimum Gasteiger partial charge on any atom is -0.377 e. The van der Waals surface area contributed by atoms with E-state index in [2.05, 4.69) is 15.2 Å². The number of rotatable bonds is 2. The Labute approximate surface area is 170 Å². The van der Waals surface area contributed by atoms with Crippen molar-refractivity contribution >= 4 is 17.2 Å². The molecule has 0 radical (unpaired) electrons. The van der Waals surface area contributed by atoms with Crippen LogP contribution in [0.25, 0.3) is 10.8 Å². The molecule has 2 aliphatic rings. The van der Waals surface area contributed by atoms with Gasteiger partial charge in [0.05, 0.1) is 30.4 Å². The lowest BCUT2D eigenvalue weighted by Gasteiger charge is -2.45. The first-order valence-electron chi connectivity index (χ1n) is 8.95. The van der Waals surface area contributed by atoms with Crippen LogP contribution < -0.4 is 0 Å². The van der Waals surface area contributed by atoms with Gasteiger partial charge in [-0.1, -0.05) is 6.07 Å². The third kappa shape index (κ3) is 2.89. The molecule has 3 aromatic rings. The quantitative estimate of drug-likeness (QED) is 0.574. The number of hydrogen-bond donors (Lipinski definition) is 0. The Morgan fingerprint density at radius 2 is 2.07 bits per heavy atom. The summed E-state index contributed by atoms with van der Waals surface area (Å²) in [6.45, 7) is 0.511. The van der Waals surface area contributed by atoms with E-state index in [-0.39, 0.29) is 19.8 Å². The van der Waals surface area contributed by atoms with Crippen molar-refractivity contribution in [2.24, 2.45) is 0 Å². The van der Waals surface area contributed by atoms with E-state index < -0.39 is 41.1 Å². The van der Waals surface area contributed by atoms with Crippen LogP contribution in [-0.2, 0) is 17.5 Å². The second-order valence-electron chi connectivity index (χ2n) is 6.91. The van der Waals surface area contributed by atoms with Crippen molar-refractivity contribution < 1.29 is 27.1 Å². The maximum Gasteiger partial charge on any atom is 0.419 e. The highest BCUT2D eigenvalue weighted by atomic mass is 32.1. The fourth-order valence-corrected chi connectivity index (χ4v) is 4.51. The summed E-state index contributed by atoms with van der Waals surface area (Å²) in [6, 6.07) is 1.50. The molecule has 1 aromatic carbocycles. The lowest BCUT2D eigenvalue weighted by Crippen LogP contribution is -2.56. The van der Waals surface area contributed by atoms with Crippen molar-refractivity contribution in [3.63, 3.8) is 0 Å². The van der Waals surface area contributed by atoms with Gasteiger partial charge < -0.3 is 14.2 Å². The van der Waals surface area contributed by atoms with Crippen molar-refractivity contribution in [2.45, 2.75) is 24.8 Å². The maximum atomic E-state index is 14.6. The summed E-state index contributed by atoms with van der Waals surface area (Å²) in [7, 11) is 0. The molecule has 1 saturated heterocycles. The van der Waals surface area contributed by atoms with Gasteiger partial charge in [0.25, 0.3) is 5.91 Å². The molecule has 2 aromatic heterocycles. The zero-order valence-electron chi connectivity index (χ0n) is 15.1. The molecule has 0 N–H and O–H groups in total. The minimum atomic E-state index is -4.90. The number of thiazole rings is 1. The molecule has 2 atom stereocenters. The van der Waals surface area contributed by atoms with Crippen LogP contribution in [0.4, 0.5) is 17.6 Å². The van der Waals surface area contributed by atoms with Crippen LogP contribution in [0, 0.1) is 5.82 Å². The van der Waals surface area contributed by atoms with E-state index in [9.17, 15) is 22.4 Å². The van der Waals surface area contributed by atoms with Gasteiger partial charge in [0.2, 0.25) is 0 Å². The molecule has 1 amide bonds. The number of carbonyl (C=O) groups excluding carboxylic acids is 1. The molecule has 5 rings (SSSR count). The molecule has 0 aliphatic carbocycles. The van der Waals surface area contributed by atoms with Crippen LogP contribution in [0.2, 0.25) is 0 Å². The summed E-state index contributed by atoms with van der Waals surface area (Å²) in [6.07, 6.45) is -3.26. The molecule has 2 unspecified atom stereocenters. The van der Waals surface area contributed by atoms with Gasteiger partial charge >= 0.3 is 6.18 Å². The lowest BCUT2D eigenvalue weighted by atomic mass is 10.0. The second kappa shape index (κ2) is 6.84. The summed E-state index contributed by atoms with van der Waals surface area (Å²) in [4.78, 5) is 18.7. The highest BCUT2D eigenvalue weighted by molar-refractivity contribution is 7.13. The van der Waals surface area contributed by atoms with Gasteiger partial charge in [-0.25, -0.2) is 9.37 Å². The molecule has 4 heterocycles. The number of nitrogens with zero attached hydrogens (tertiary/aromatic N) is 5. The largest absolute Gasteiger partial charge is 0.419 e. The molecule has 0 spiro atoms. The molecule has 156 valence electrons. The zero-order chi connectivity index (χ0) is 21.0. The fourth-order valence-electron chi connectivity index (χ4n) is 3.88. The molecular formula is C18H13F4N5O2S. The second-order valence-corrected chi connectivity index (χ2v) is 7.81. The summed E-state index contributed by atoms with van der Waals surface area (Å²) in [5, 5.41) is 10.8. The Morgan fingerprint density at radius 1 is 1.23 bits per heavy atom. The molecule has 0 saturated carbocycles. The first-order valence-corrected chi connectivity index (χ1v) is 9.83. The van der Waals surface area contributed by atoms with Crippen molar-refractivity contribution in [1.82, 2.24) is 24.6 Å². The van der Waals surface area contributed by atoms with Crippen molar-refractivity contribution in [3.8, 4) is 10.8 Å². The number of morpholine rings is 1. The first kappa shape index (κ1) is 19.1. The van der Waals surface area contributed by atoms with E-state index in [1.807, 2.05) is 4.57 Å². The third-order valence-corrected chi connectivity index (χ3v) is 5.95. The van der Waals surface area contributed by atoms with E-state index in [0.717, 1.165) is 12.1 Å². The summed E-state index contributed by atoms with van der Waals surface area (Å²) in [5.74, 6) is -1.43. The Balaban J connectivity index is 1.55. The van der Waals surface area contributed by atoms with E-state index >= 15 is 0 Å². The van der Waals surface area contributed by atoms with Gasteiger partial charge in [-0.05, 0) is 12.1 Å². The number of carbonyl (C=O) groups is 1. The standard InChI is InChI=1S/C18H13F4N5O2S/c19-13-10(2-1-3-11(13)18(20,21)22)17(28)27-9-6-26-14(12(27)8-29-7-9)24-25-15(26)16-23-4-5-30-16/h1-5,9,12H,6-8H2. The van der Waals surface area contributed by atoms with Crippen molar-refractivity contribution in [1.29, 1.82) is 0 Å². The van der Waals surface area contributed by atoms with Crippen molar-refractivity contribution in [3.05, 3.63) is 52.5 Å². The smallest absolute Gasteiger partial charge is 0.377 e. The predicted octanol–water partition coefficient (Wildman–Crippen LogP) is 3.16. The molecule has 12 heteroatoms. The average molecular weight is 439 g/mol. The number of benzene rings is 1. The highest BCUT2D eigenvalue weighted by Crippen LogP contribution is 2.38. The number of fused-ring (bicyclic) bond motifs is 4. The van der Waals surface area contributed by atoms with Gasteiger partial charge in [-0.2, -0.15) is 13.2 Å². The summed E-state index contributed by atoms with van der Waals surface area (Å²) in [5.41, 5.74) is -2.10. The minimum absolute atomic E-state index is 0.0822. The van der Waals surface area contributed by atoms with Crippen LogP contribution >= 0.6 is 11.3 Å². The Bertz CT molecular complexity index is 1110. The van der Waals surface area contributed by atoms with Crippen LogP contribution in [0.15, 0.2) is 29.8 Å². The zero-order valence-corrected chi connectivity index (χ0v) is 16.0. The first-order chi connectivity index (χ1) is 14.4. The van der Waals surface area contributed by atoms with Gasteiger partial charge in [0.1, 0.15) is 11.9 Å². The highest BCUT2D eigenvalue weighted by Gasteiger charge is 2.45. The van der Waals surface area contributed by atoms with Gasteiger partial charge in [0.15, 0.2) is 16.7 Å². The van der Waals surface area contributed by atoms with E-state index in [1.54, 1.807) is 11.6 Å². The fraction of sp³-hybridized carbons (Fsp3) is 0.333. The molecule has 7 nitrogen and oxygen atoms in total. The summed E-state index contributed by atoms with van der Waals surface area (Å²) >= 11 is 1.39. The van der Waals surface area contributed by atoms with Crippen molar-refractivity contribution in [2.75, 3.05) is 13.2 Å². The number of halogens is 4. The van der Waals surface area contributed by atoms with Crippen LogP contribution in [0.5, 0.6) is 0 Å². The molecule has 2 aliphatic heterocycles. The molecule has 1 fully saturated rings. The normalized spacial score (nSPS) is 20.9. The number of ether oxygens (including phenoxy) is 1. The van der Waals surface area contributed by atoms with Gasteiger partial charge in [-0.3, -0.25) is 4.79 Å². The Morgan fingerprint density at radius 3 is 2.80 bits per heavy atom. The summed E-state index contributed by atoms with van der Waals surface area (Å²) < 4.78 is 61.3. The average Bonchev–Trinajstić information content (AvgIpc) is 3.35.